The number of rotatable bonds is 18. The summed E-state index contributed by atoms with van der Waals surface area (Å²) in [4.78, 5) is 21.6. The maximum atomic E-state index is 10.8. The SMILES string of the molecule is C=CC(=O)OCC(O)COC(C)COc1cc[c-]cc1.C=CC(=O)OCC(O)COC(C)COc1cc[c-]cc1.[Y]. The Balaban J connectivity index is 0.000000762. The third-order valence-electron chi connectivity index (χ3n) is 4.66. The van der Waals surface area contributed by atoms with Gasteiger partial charge in [0.05, 0.1) is 25.4 Å². The molecule has 0 aromatic heterocycles. The zero-order valence-corrected chi connectivity index (χ0v) is 26.3. The molecule has 1 radical (unpaired) electrons. The number of aliphatic hydroxyl groups is 2. The predicted molar refractivity (Wildman–Crippen MR) is 147 cm³/mol. The topological polar surface area (TPSA) is 130 Å². The Kier molecular flexibility index (Phi) is 22.5. The van der Waals surface area contributed by atoms with Crippen molar-refractivity contribution in [1.82, 2.24) is 0 Å². The van der Waals surface area contributed by atoms with Crippen LogP contribution in [-0.2, 0) is 61.2 Å². The van der Waals surface area contributed by atoms with Crippen LogP contribution < -0.4 is 9.47 Å². The summed E-state index contributed by atoms with van der Waals surface area (Å²) < 4.78 is 31.1. The molecule has 2 N–H and O–H groups in total. The Morgan fingerprint density at radius 1 is 0.707 bits per heavy atom. The predicted octanol–water partition coefficient (Wildman–Crippen LogP) is 2.72. The summed E-state index contributed by atoms with van der Waals surface area (Å²) in [5.41, 5.74) is 0. The Bertz CT molecular complexity index is 894. The molecule has 0 heterocycles. The van der Waals surface area contributed by atoms with E-state index in [1.807, 2.05) is 13.8 Å². The molecule has 0 saturated heterocycles. The van der Waals surface area contributed by atoms with Gasteiger partial charge in [0.15, 0.2) is 0 Å². The van der Waals surface area contributed by atoms with Crippen LogP contribution in [0.1, 0.15) is 13.8 Å². The van der Waals surface area contributed by atoms with Crippen molar-refractivity contribution < 1.29 is 80.9 Å². The van der Waals surface area contributed by atoms with Crippen molar-refractivity contribution in [3.8, 4) is 11.5 Å². The van der Waals surface area contributed by atoms with Gasteiger partial charge in [-0.25, -0.2) is 9.59 Å². The molecule has 2 aromatic carbocycles. The maximum Gasteiger partial charge on any atom is 0.330 e. The molecule has 0 aliphatic carbocycles. The van der Waals surface area contributed by atoms with Crippen molar-refractivity contribution in [2.45, 2.75) is 38.3 Å². The fourth-order valence-electron chi connectivity index (χ4n) is 2.58. The van der Waals surface area contributed by atoms with E-state index in [0.717, 1.165) is 23.7 Å². The van der Waals surface area contributed by atoms with Crippen LogP contribution in [0.25, 0.3) is 0 Å². The van der Waals surface area contributed by atoms with E-state index in [0.29, 0.717) is 13.2 Å². The summed E-state index contributed by atoms with van der Waals surface area (Å²) in [6, 6.07) is 20.0. The number of hydrogen-bond acceptors (Lipinski definition) is 10. The number of ether oxygens (including phenoxy) is 6. The third kappa shape index (κ3) is 20.9. The van der Waals surface area contributed by atoms with Gasteiger partial charge in [-0.1, -0.05) is 13.2 Å². The summed E-state index contributed by atoms with van der Waals surface area (Å²) in [6.45, 7) is 10.8. The molecule has 4 atom stereocenters. The quantitative estimate of drug-likeness (QED) is 0.142. The van der Waals surface area contributed by atoms with Gasteiger partial charge < -0.3 is 38.6 Å². The fraction of sp³-hybridized carbons (Fsp3) is 0.400. The second-order valence-electron chi connectivity index (χ2n) is 8.36. The minimum Gasteiger partial charge on any atom is -0.516 e. The molecule has 41 heavy (non-hydrogen) atoms. The van der Waals surface area contributed by atoms with E-state index in [-0.39, 0.29) is 71.3 Å². The van der Waals surface area contributed by atoms with Crippen LogP contribution in [0.4, 0.5) is 0 Å². The number of esters is 2. The van der Waals surface area contributed by atoms with Gasteiger partial charge in [-0.15, -0.1) is 24.3 Å². The van der Waals surface area contributed by atoms with E-state index in [1.165, 1.54) is 0 Å². The summed E-state index contributed by atoms with van der Waals surface area (Å²) in [7, 11) is 0. The van der Waals surface area contributed by atoms with E-state index in [1.54, 1.807) is 48.5 Å². The molecule has 10 nitrogen and oxygen atoms in total. The Morgan fingerprint density at radius 3 is 1.37 bits per heavy atom. The van der Waals surface area contributed by atoms with Crippen molar-refractivity contribution >= 4 is 11.9 Å². The molecule has 223 valence electrons. The van der Waals surface area contributed by atoms with Gasteiger partial charge >= 0.3 is 11.9 Å². The third-order valence-corrected chi connectivity index (χ3v) is 4.66. The van der Waals surface area contributed by atoms with Crippen LogP contribution in [0, 0.1) is 12.1 Å². The Labute approximate surface area is 267 Å². The first-order valence-electron chi connectivity index (χ1n) is 12.6. The molecule has 2 aromatic rings. The Hall–Kier alpha value is -2.60. The zero-order chi connectivity index (χ0) is 29.6. The van der Waals surface area contributed by atoms with Crippen LogP contribution in [0.2, 0.25) is 0 Å². The van der Waals surface area contributed by atoms with E-state index in [9.17, 15) is 19.8 Å². The maximum absolute atomic E-state index is 10.8. The second-order valence-corrected chi connectivity index (χ2v) is 8.36. The standard InChI is InChI=1S/2C15H19O5.Y/c2*1-3-15(17)20-11-13(16)10-18-12(2)9-19-14-7-5-4-6-8-14;/h2*3,5-8,12-13,16H,1,9-11H2,2H3;/q2*-1;. The molecule has 0 amide bonds. The summed E-state index contributed by atoms with van der Waals surface area (Å²) >= 11 is 0. The first kappa shape index (κ1) is 38.4. The fourth-order valence-corrected chi connectivity index (χ4v) is 2.58. The van der Waals surface area contributed by atoms with E-state index in [4.69, 9.17) is 28.4 Å². The van der Waals surface area contributed by atoms with Gasteiger partial charge in [0.1, 0.15) is 38.6 Å². The van der Waals surface area contributed by atoms with Crippen molar-refractivity contribution in [3.05, 3.63) is 86.0 Å². The average Bonchev–Trinajstić information content (AvgIpc) is 2.99. The molecule has 2 rings (SSSR count). The van der Waals surface area contributed by atoms with Crippen LogP contribution in [-0.4, -0.2) is 86.2 Å². The largest absolute Gasteiger partial charge is 0.516 e. The molecular weight excluding hydrogens is 609 g/mol. The van der Waals surface area contributed by atoms with E-state index >= 15 is 0 Å². The zero-order valence-electron chi connectivity index (χ0n) is 23.5. The first-order valence-corrected chi connectivity index (χ1v) is 12.6. The molecular formula is C30H38O10Y-2. The van der Waals surface area contributed by atoms with E-state index in [2.05, 4.69) is 25.3 Å². The number of benzene rings is 2. The van der Waals surface area contributed by atoms with Crippen molar-refractivity contribution in [2.75, 3.05) is 39.6 Å². The van der Waals surface area contributed by atoms with Crippen molar-refractivity contribution in [2.24, 2.45) is 0 Å². The molecule has 0 aliphatic heterocycles. The van der Waals surface area contributed by atoms with Gasteiger partial charge in [-0.3, -0.25) is 0 Å². The molecule has 0 spiro atoms. The van der Waals surface area contributed by atoms with Gasteiger partial charge in [-0.2, -0.15) is 36.4 Å². The molecule has 4 unspecified atom stereocenters. The van der Waals surface area contributed by atoms with Gasteiger partial charge in [0.2, 0.25) is 0 Å². The molecule has 0 aliphatic rings. The number of aliphatic hydroxyl groups excluding tert-OH is 2. The van der Waals surface area contributed by atoms with Gasteiger partial charge in [0, 0.05) is 56.4 Å². The van der Waals surface area contributed by atoms with Gasteiger partial charge in [-0.05, 0) is 13.8 Å². The monoisotopic (exact) mass is 647 g/mol. The minimum atomic E-state index is -0.868. The number of hydrogen-bond donors (Lipinski definition) is 2. The summed E-state index contributed by atoms with van der Waals surface area (Å²) in [5.74, 6) is 0.335. The average molecular weight is 648 g/mol. The molecule has 11 heteroatoms. The normalized spacial score (nSPS) is 13.0. The van der Waals surface area contributed by atoms with Crippen molar-refractivity contribution in [3.63, 3.8) is 0 Å². The smallest absolute Gasteiger partial charge is 0.330 e. The van der Waals surface area contributed by atoms with Crippen LogP contribution in [0.15, 0.2) is 73.8 Å². The summed E-state index contributed by atoms with van der Waals surface area (Å²) in [6.07, 6.45) is -0.0314. The number of carbonyl (C=O) groups is 2. The van der Waals surface area contributed by atoms with Crippen LogP contribution in [0.5, 0.6) is 11.5 Å². The molecule has 0 fully saturated rings. The first-order chi connectivity index (χ1) is 19.2. The Morgan fingerprint density at radius 2 is 1.05 bits per heavy atom. The van der Waals surface area contributed by atoms with Crippen LogP contribution in [0.3, 0.4) is 0 Å². The molecule has 0 saturated carbocycles. The van der Waals surface area contributed by atoms with Crippen LogP contribution >= 0.6 is 0 Å². The minimum absolute atomic E-state index is 0. The van der Waals surface area contributed by atoms with E-state index < -0.39 is 24.1 Å². The summed E-state index contributed by atoms with van der Waals surface area (Å²) in [5, 5.41) is 19.1. The second kappa shape index (κ2) is 24.0. The molecule has 0 bridgehead atoms. The van der Waals surface area contributed by atoms with Gasteiger partial charge in [0.25, 0.3) is 0 Å². The van der Waals surface area contributed by atoms with Crippen molar-refractivity contribution in [1.29, 1.82) is 0 Å². The number of carbonyl (C=O) groups excluding carboxylic acids is 2.